The van der Waals surface area contributed by atoms with Crippen LogP contribution in [0.3, 0.4) is 0 Å². The molecule has 5 heteroatoms. The third-order valence-corrected chi connectivity index (χ3v) is 3.02. The van der Waals surface area contributed by atoms with Crippen molar-refractivity contribution in [1.29, 1.82) is 0 Å². The highest BCUT2D eigenvalue weighted by Crippen LogP contribution is 2.17. The second-order valence-corrected chi connectivity index (χ2v) is 4.59. The van der Waals surface area contributed by atoms with Crippen LogP contribution in [-0.2, 0) is 16.0 Å². The molecule has 0 saturated heterocycles. The highest BCUT2D eigenvalue weighted by Gasteiger charge is 2.08. The van der Waals surface area contributed by atoms with Crippen molar-refractivity contribution in [2.45, 2.75) is 39.2 Å². The predicted octanol–water partition coefficient (Wildman–Crippen LogP) is 2.46. The van der Waals surface area contributed by atoms with Gasteiger partial charge in [-0.2, -0.15) is 0 Å². The second-order valence-electron chi connectivity index (χ2n) is 3.73. The van der Waals surface area contributed by atoms with Gasteiger partial charge in [0.2, 0.25) is 0 Å². The van der Waals surface area contributed by atoms with E-state index in [4.69, 9.17) is 0 Å². The largest absolute Gasteiger partial charge is 0.469 e. The normalized spacial score (nSPS) is 12.2. The third-order valence-electron chi connectivity index (χ3n) is 2.20. The number of esters is 1. The van der Waals surface area contributed by atoms with E-state index in [0.717, 1.165) is 23.7 Å². The molecule has 0 aliphatic rings. The van der Waals surface area contributed by atoms with Crippen LogP contribution in [0.2, 0.25) is 0 Å². The zero-order chi connectivity index (χ0) is 12.0. The average molecular weight is 242 g/mol. The van der Waals surface area contributed by atoms with Gasteiger partial charge in [-0.1, -0.05) is 13.3 Å². The van der Waals surface area contributed by atoms with Crippen molar-refractivity contribution in [1.82, 2.24) is 4.98 Å². The Morgan fingerprint density at radius 1 is 1.69 bits per heavy atom. The summed E-state index contributed by atoms with van der Waals surface area (Å²) < 4.78 is 4.59. The Hall–Kier alpha value is -1.10. The molecule has 1 unspecified atom stereocenters. The zero-order valence-electron chi connectivity index (χ0n) is 9.95. The van der Waals surface area contributed by atoms with Gasteiger partial charge in [0.15, 0.2) is 5.13 Å². The molecule has 0 saturated carbocycles. The fourth-order valence-electron chi connectivity index (χ4n) is 1.39. The summed E-state index contributed by atoms with van der Waals surface area (Å²) in [6.07, 6.45) is 2.51. The van der Waals surface area contributed by atoms with Gasteiger partial charge in [-0.25, -0.2) is 4.98 Å². The van der Waals surface area contributed by atoms with E-state index in [1.165, 1.54) is 18.4 Å². The number of thiazole rings is 1. The number of carbonyl (C=O) groups excluding carboxylic acids is 1. The summed E-state index contributed by atoms with van der Waals surface area (Å²) in [6, 6.07) is 0.419. The first kappa shape index (κ1) is 13.0. The Morgan fingerprint density at radius 2 is 2.44 bits per heavy atom. The minimum Gasteiger partial charge on any atom is -0.469 e. The lowest BCUT2D eigenvalue weighted by Crippen LogP contribution is -2.14. The Labute approximate surface area is 100 Å². The van der Waals surface area contributed by atoms with E-state index in [9.17, 15) is 4.79 Å². The second kappa shape index (κ2) is 6.48. The molecule has 0 bridgehead atoms. The van der Waals surface area contributed by atoms with Crippen LogP contribution in [0.1, 0.15) is 32.4 Å². The molecule has 0 aromatic carbocycles. The standard InChI is InChI=1S/C11H18N2O2S/c1-4-5-8(2)12-11-13-9(7-16-11)6-10(14)15-3/h7-8H,4-6H2,1-3H3,(H,12,13). The summed E-state index contributed by atoms with van der Waals surface area (Å²) in [5, 5.41) is 6.07. The minimum atomic E-state index is -0.251. The number of carbonyl (C=O) groups is 1. The SMILES string of the molecule is CCCC(C)Nc1nc(CC(=O)OC)cs1. The first-order chi connectivity index (χ1) is 7.65. The molecular weight excluding hydrogens is 224 g/mol. The number of hydrogen-bond acceptors (Lipinski definition) is 5. The van der Waals surface area contributed by atoms with Crippen LogP contribution in [0.15, 0.2) is 5.38 Å². The average Bonchev–Trinajstić information content (AvgIpc) is 2.65. The zero-order valence-corrected chi connectivity index (χ0v) is 10.8. The Kier molecular flexibility index (Phi) is 5.25. The molecule has 0 aliphatic heterocycles. The van der Waals surface area contributed by atoms with Crippen LogP contribution in [0.4, 0.5) is 5.13 Å². The minimum absolute atomic E-state index is 0.247. The maximum absolute atomic E-state index is 11.0. The number of nitrogens with zero attached hydrogens (tertiary/aromatic N) is 1. The first-order valence-corrected chi connectivity index (χ1v) is 6.31. The molecule has 0 amide bonds. The molecular formula is C11H18N2O2S. The molecule has 1 aromatic heterocycles. The number of nitrogens with one attached hydrogen (secondary N) is 1. The number of ether oxygens (including phenoxy) is 1. The van der Waals surface area contributed by atoms with Crippen molar-refractivity contribution in [2.75, 3.05) is 12.4 Å². The number of aromatic nitrogens is 1. The molecule has 90 valence electrons. The summed E-state index contributed by atoms with van der Waals surface area (Å²) in [6.45, 7) is 4.29. The maximum atomic E-state index is 11.0. The van der Waals surface area contributed by atoms with Crippen LogP contribution in [0.5, 0.6) is 0 Å². The van der Waals surface area contributed by atoms with Crippen LogP contribution in [0.25, 0.3) is 0 Å². The molecule has 16 heavy (non-hydrogen) atoms. The quantitative estimate of drug-likeness (QED) is 0.779. The lowest BCUT2D eigenvalue weighted by Gasteiger charge is -2.10. The van der Waals surface area contributed by atoms with Gasteiger partial charge in [0.25, 0.3) is 0 Å². The summed E-state index contributed by atoms with van der Waals surface area (Å²) in [5.74, 6) is -0.251. The van der Waals surface area contributed by atoms with E-state index >= 15 is 0 Å². The molecule has 1 atom stereocenters. The Morgan fingerprint density at radius 3 is 3.06 bits per heavy atom. The number of hydrogen-bond donors (Lipinski definition) is 1. The van der Waals surface area contributed by atoms with E-state index in [1.807, 2.05) is 5.38 Å². The van der Waals surface area contributed by atoms with Crippen LogP contribution < -0.4 is 5.32 Å². The van der Waals surface area contributed by atoms with Crippen molar-refractivity contribution < 1.29 is 9.53 Å². The molecule has 0 spiro atoms. The van der Waals surface area contributed by atoms with Crippen LogP contribution in [0, 0.1) is 0 Å². The Bertz CT molecular complexity index is 338. The van der Waals surface area contributed by atoms with Crippen LogP contribution >= 0.6 is 11.3 Å². The van der Waals surface area contributed by atoms with Crippen molar-refractivity contribution >= 4 is 22.4 Å². The Balaban J connectivity index is 2.48. The maximum Gasteiger partial charge on any atom is 0.311 e. The topological polar surface area (TPSA) is 51.2 Å². The molecule has 0 aliphatic carbocycles. The van der Waals surface area contributed by atoms with Crippen molar-refractivity contribution in [3.05, 3.63) is 11.1 Å². The monoisotopic (exact) mass is 242 g/mol. The molecule has 4 nitrogen and oxygen atoms in total. The fraction of sp³-hybridized carbons (Fsp3) is 0.636. The highest BCUT2D eigenvalue weighted by atomic mass is 32.1. The smallest absolute Gasteiger partial charge is 0.311 e. The number of rotatable bonds is 6. The molecule has 1 rings (SSSR count). The van der Waals surface area contributed by atoms with Gasteiger partial charge in [0, 0.05) is 11.4 Å². The molecule has 1 aromatic rings. The predicted molar refractivity (Wildman–Crippen MR) is 65.8 cm³/mol. The van der Waals surface area contributed by atoms with Gasteiger partial charge in [0.05, 0.1) is 19.2 Å². The fourth-order valence-corrected chi connectivity index (χ4v) is 2.21. The summed E-state index contributed by atoms with van der Waals surface area (Å²) in [4.78, 5) is 15.4. The lowest BCUT2D eigenvalue weighted by atomic mass is 10.2. The van der Waals surface area contributed by atoms with Crippen LogP contribution in [-0.4, -0.2) is 24.1 Å². The van der Waals surface area contributed by atoms with Crippen molar-refractivity contribution in [2.24, 2.45) is 0 Å². The highest BCUT2D eigenvalue weighted by molar-refractivity contribution is 7.13. The van der Waals surface area contributed by atoms with Gasteiger partial charge >= 0.3 is 5.97 Å². The molecule has 1 heterocycles. The molecule has 0 radical (unpaired) electrons. The van der Waals surface area contributed by atoms with Gasteiger partial charge in [-0.15, -0.1) is 11.3 Å². The number of methoxy groups -OCH3 is 1. The van der Waals surface area contributed by atoms with E-state index in [2.05, 4.69) is 28.9 Å². The lowest BCUT2D eigenvalue weighted by molar-refractivity contribution is -0.139. The molecule has 0 fully saturated rings. The van der Waals surface area contributed by atoms with Gasteiger partial charge < -0.3 is 10.1 Å². The van der Waals surface area contributed by atoms with E-state index in [0.29, 0.717) is 6.04 Å². The van der Waals surface area contributed by atoms with E-state index in [1.54, 1.807) is 0 Å². The summed E-state index contributed by atoms with van der Waals surface area (Å²) >= 11 is 1.53. The third kappa shape index (κ3) is 4.18. The number of anilines is 1. The first-order valence-electron chi connectivity index (χ1n) is 5.43. The van der Waals surface area contributed by atoms with Gasteiger partial charge in [-0.05, 0) is 13.3 Å². The summed E-state index contributed by atoms with van der Waals surface area (Å²) in [7, 11) is 1.39. The summed E-state index contributed by atoms with van der Waals surface area (Å²) in [5.41, 5.74) is 0.767. The molecule has 1 N–H and O–H groups in total. The van der Waals surface area contributed by atoms with Crippen molar-refractivity contribution in [3.63, 3.8) is 0 Å². The van der Waals surface area contributed by atoms with E-state index < -0.39 is 0 Å². The van der Waals surface area contributed by atoms with E-state index in [-0.39, 0.29) is 12.4 Å². The van der Waals surface area contributed by atoms with Crippen molar-refractivity contribution in [3.8, 4) is 0 Å². The van der Waals surface area contributed by atoms with Gasteiger partial charge in [0.1, 0.15) is 0 Å². The van der Waals surface area contributed by atoms with Gasteiger partial charge in [-0.3, -0.25) is 4.79 Å².